The Morgan fingerprint density at radius 3 is 2.69 bits per heavy atom. The predicted octanol–water partition coefficient (Wildman–Crippen LogP) is 3.22. The fourth-order valence-corrected chi connectivity index (χ4v) is 1.04. The van der Waals surface area contributed by atoms with Gasteiger partial charge in [0, 0.05) is 6.07 Å². The molecular weight excluding hydrogens is 209 g/mol. The lowest BCUT2D eigenvalue weighted by Gasteiger charge is -2.19. The minimum Gasteiger partial charge on any atom is -0.491 e. The largest absolute Gasteiger partial charge is 0.491 e. The lowest BCUT2D eigenvalue weighted by molar-refractivity contribution is 0.198. The van der Waals surface area contributed by atoms with Gasteiger partial charge < -0.3 is 4.74 Å². The monoisotopic (exact) mass is 223 g/mol. The summed E-state index contributed by atoms with van der Waals surface area (Å²) in [5, 5.41) is 0. The minimum absolute atomic E-state index is 0.0173. The summed E-state index contributed by atoms with van der Waals surface area (Å²) in [7, 11) is 0. The van der Waals surface area contributed by atoms with Crippen molar-refractivity contribution >= 4 is 11.8 Å². The van der Waals surface area contributed by atoms with Crippen molar-refractivity contribution in [2.45, 2.75) is 20.8 Å². The zero-order valence-corrected chi connectivity index (χ0v) is 9.58. The molecule has 0 saturated carbocycles. The molecule has 0 heterocycles. The van der Waals surface area contributed by atoms with Crippen LogP contribution in [0.1, 0.15) is 20.8 Å². The molecule has 0 aliphatic carbocycles. The second-order valence-electron chi connectivity index (χ2n) is 4.66. The standard InChI is InChI=1S/C12H14FNO2/c1-12(2,3)7-16-11-5-4-9(13)6-10(11)14-8-15/h4-6H,7H2,1-3H3. The number of halogens is 1. The van der Waals surface area contributed by atoms with Crippen LogP contribution in [0.5, 0.6) is 5.75 Å². The molecule has 0 N–H and O–H groups in total. The average molecular weight is 223 g/mol. The lowest BCUT2D eigenvalue weighted by Crippen LogP contribution is -2.16. The third-order valence-electron chi connectivity index (χ3n) is 1.75. The summed E-state index contributed by atoms with van der Waals surface area (Å²) in [6, 6.07) is 3.86. The van der Waals surface area contributed by atoms with Crippen molar-refractivity contribution < 1.29 is 13.9 Å². The molecule has 16 heavy (non-hydrogen) atoms. The number of aliphatic imine (C=N–C) groups is 1. The number of ether oxygens (including phenoxy) is 1. The van der Waals surface area contributed by atoms with Gasteiger partial charge in [0.05, 0.1) is 6.61 Å². The summed E-state index contributed by atoms with van der Waals surface area (Å²) in [6.45, 7) is 6.50. The van der Waals surface area contributed by atoms with Crippen LogP contribution in [-0.2, 0) is 4.79 Å². The molecule has 0 atom stereocenters. The van der Waals surface area contributed by atoms with Gasteiger partial charge in [-0.1, -0.05) is 20.8 Å². The summed E-state index contributed by atoms with van der Waals surface area (Å²) in [5.74, 6) is -0.0724. The number of benzene rings is 1. The highest BCUT2D eigenvalue weighted by atomic mass is 19.1. The van der Waals surface area contributed by atoms with Crippen molar-refractivity contribution in [1.29, 1.82) is 0 Å². The van der Waals surface area contributed by atoms with E-state index in [1.807, 2.05) is 20.8 Å². The molecule has 0 saturated heterocycles. The van der Waals surface area contributed by atoms with Gasteiger partial charge in [-0.3, -0.25) is 0 Å². The lowest BCUT2D eigenvalue weighted by atomic mass is 9.99. The van der Waals surface area contributed by atoms with Gasteiger partial charge in [-0.15, -0.1) is 0 Å². The summed E-state index contributed by atoms with van der Waals surface area (Å²) in [4.78, 5) is 13.6. The van der Waals surface area contributed by atoms with Crippen LogP contribution in [0.25, 0.3) is 0 Å². The van der Waals surface area contributed by atoms with Gasteiger partial charge in [-0.05, 0) is 17.5 Å². The molecule has 0 radical (unpaired) electrons. The first-order valence-electron chi connectivity index (χ1n) is 4.92. The molecule has 3 nitrogen and oxygen atoms in total. The Morgan fingerprint density at radius 1 is 1.44 bits per heavy atom. The van der Waals surface area contributed by atoms with E-state index >= 15 is 0 Å². The van der Waals surface area contributed by atoms with Gasteiger partial charge >= 0.3 is 0 Å². The molecule has 0 spiro atoms. The number of rotatable bonds is 3. The van der Waals surface area contributed by atoms with Crippen LogP contribution < -0.4 is 4.74 Å². The first-order valence-corrected chi connectivity index (χ1v) is 4.92. The molecule has 0 fully saturated rings. The number of nitrogens with zero attached hydrogens (tertiary/aromatic N) is 1. The fourth-order valence-electron chi connectivity index (χ4n) is 1.04. The highest BCUT2D eigenvalue weighted by Gasteiger charge is 2.13. The van der Waals surface area contributed by atoms with E-state index in [9.17, 15) is 9.18 Å². The van der Waals surface area contributed by atoms with Gasteiger partial charge in [0.15, 0.2) is 0 Å². The third-order valence-corrected chi connectivity index (χ3v) is 1.75. The van der Waals surface area contributed by atoms with E-state index in [0.717, 1.165) is 6.07 Å². The highest BCUT2D eigenvalue weighted by Crippen LogP contribution is 2.29. The Hall–Kier alpha value is -1.67. The maximum atomic E-state index is 12.9. The van der Waals surface area contributed by atoms with E-state index in [1.54, 1.807) is 0 Å². The topological polar surface area (TPSA) is 38.7 Å². The Balaban J connectivity index is 2.91. The van der Waals surface area contributed by atoms with Gasteiger partial charge in [-0.2, -0.15) is 4.99 Å². The summed E-state index contributed by atoms with van der Waals surface area (Å²) < 4.78 is 18.4. The smallest absolute Gasteiger partial charge is 0.240 e. The molecule has 0 amide bonds. The normalized spacial score (nSPS) is 10.8. The quantitative estimate of drug-likeness (QED) is 0.583. The Labute approximate surface area is 94.0 Å². The molecule has 4 heteroatoms. The van der Waals surface area contributed by atoms with Crippen LogP contribution in [0, 0.1) is 11.2 Å². The van der Waals surface area contributed by atoms with Crippen LogP contribution in [0.2, 0.25) is 0 Å². The van der Waals surface area contributed by atoms with E-state index in [1.165, 1.54) is 18.2 Å². The van der Waals surface area contributed by atoms with Gasteiger partial charge in [0.25, 0.3) is 0 Å². The average Bonchev–Trinajstić information content (AvgIpc) is 2.15. The number of carbonyl (C=O) groups excluding carboxylic acids is 1. The second kappa shape index (κ2) is 4.90. The molecule has 86 valence electrons. The molecule has 0 aromatic heterocycles. The molecule has 0 unspecified atom stereocenters. The number of hydrogen-bond acceptors (Lipinski definition) is 3. The summed E-state index contributed by atoms with van der Waals surface area (Å²) >= 11 is 0. The third kappa shape index (κ3) is 3.83. The van der Waals surface area contributed by atoms with E-state index in [4.69, 9.17) is 4.74 Å². The molecule has 0 aliphatic rings. The van der Waals surface area contributed by atoms with Crippen molar-refractivity contribution in [3.05, 3.63) is 24.0 Å². The van der Waals surface area contributed by atoms with Crippen molar-refractivity contribution in [3.63, 3.8) is 0 Å². The summed E-state index contributed by atoms with van der Waals surface area (Å²) in [5.41, 5.74) is 0.149. The Morgan fingerprint density at radius 2 is 2.12 bits per heavy atom. The van der Waals surface area contributed by atoms with Crippen molar-refractivity contribution in [3.8, 4) is 5.75 Å². The fraction of sp³-hybridized carbons (Fsp3) is 0.417. The van der Waals surface area contributed by atoms with Crippen molar-refractivity contribution in [1.82, 2.24) is 0 Å². The van der Waals surface area contributed by atoms with Crippen LogP contribution in [-0.4, -0.2) is 12.7 Å². The van der Waals surface area contributed by atoms with E-state index < -0.39 is 5.82 Å². The number of hydrogen-bond donors (Lipinski definition) is 0. The van der Waals surface area contributed by atoms with Crippen molar-refractivity contribution in [2.24, 2.45) is 10.4 Å². The van der Waals surface area contributed by atoms with E-state index in [2.05, 4.69) is 4.99 Å². The first kappa shape index (κ1) is 12.4. The van der Waals surface area contributed by atoms with Gasteiger partial charge in [0.1, 0.15) is 17.3 Å². The predicted molar refractivity (Wildman–Crippen MR) is 59.1 cm³/mol. The minimum atomic E-state index is -0.461. The van der Waals surface area contributed by atoms with Crippen LogP contribution in [0.4, 0.5) is 10.1 Å². The molecule has 1 aromatic rings. The van der Waals surface area contributed by atoms with Crippen LogP contribution in [0.3, 0.4) is 0 Å². The molecule has 1 rings (SSSR count). The Kier molecular flexibility index (Phi) is 3.80. The van der Waals surface area contributed by atoms with E-state index in [-0.39, 0.29) is 11.1 Å². The maximum absolute atomic E-state index is 12.9. The van der Waals surface area contributed by atoms with Gasteiger partial charge in [-0.25, -0.2) is 9.18 Å². The molecular formula is C12H14FNO2. The van der Waals surface area contributed by atoms with Crippen LogP contribution >= 0.6 is 0 Å². The van der Waals surface area contributed by atoms with Crippen molar-refractivity contribution in [2.75, 3.05) is 6.61 Å². The second-order valence-corrected chi connectivity index (χ2v) is 4.66. The Bertz CT molecular complexity index is 418. The molecule has 0 aliphatic heterocycles. The maximum Gasteiger partial charge on any atom is 0.240 e. The summed E-state index contributed by atoms with van der Waals surface area (Å²) in [6.07, 6.45) is 1.38. The first-order chi connectivity index (χ1) is 7.42. The number of isocyanates is 1. The molecule has 1 aromatic carbocycles. The SMILES string of the molecule is CC(C)(C)COc1ccc(F)cc1N=C=O. The zero-order chi connectivity index (χ0) is 12.2. The zero-order valence-electron chi connectivity index (χ0n) is 9.58. The van der Waals surface area contributed by atoms with E-state index in [0.29, 0.717) is 12.4 Å². The van der Waals surface area contributed by atoms with Gasteiger partial charge in [0.2, 0.25) is 6.08 Å². The molecule has 0 bridgehead atoms. The van der Waals surface area contributed by atoms with Crippen LogP contribution in [0.15, 0.2) is 23.2 Å². The highest BCUT2D eigenvalue weighted by molar-refractivity contribution is 5.57.